The van der Waals surface area contributed by atoms with Crippen LogP contribution in [-0.4, -0.2) is 16.2 Å². The third-order valence-electron chi connectivity index (χ3n) is 2.35. The number of rotatable bonds is 3. The molecule has 0 unspecified atom stereocenters. The Balaban J connectivity index is 2.34. The standard InChI is InChI=1S/C12H14N4S/c1-8-7-14-12(13)16-11(8)15-9-5-3-4-6-10(9)17-2/h3-7H,1-2H3,(H3,13,14,15,16). The van der Waals surface area contributed by atoms with Gasteiger partial charge in [0.25, 0.3) is 0 Å². The van der Waals surface area contributed by atoms with Crippen LogP contribution < -0.4 is 11.1 Å². The van der Waals surface area contributed by atoms with Gasteiger partial charge in [-0.1, -0.05) is 12.1 Å². The maximum atomic E-state index is 5.58. The first kappa shape index (κ1) is 11.7. The summed E-state index contributed by atoms with van der Waals surface area (Å²) in [7, 11) is 0. The molecule has 1 heterocycles. The lowest BCUT2D eigenvalue weighted by Crippen LogP contribution is -2.02. The van der Waals surface area contributed by atoms with Gasteiger partial charge in [0.2, 0.25) is 5.95 Å². The Hall–Kier alpha value is -1.75. The molecule has 0 amide bonds. The molecule has 0 radical (unpaired) electrons. The highest BCUT2D eigenvalue weighted by Gasteiger charge is 2.05. The Labute approximate surface area is 105 Å². The number of anilines is 3. The maximum absolute atomic E-state index is 5.58. The summed E-state index contributed by atoms with van der Waals surface area (Å²) in [6.07, 6.45) is 3.76. The summed E-state index contributed by atoms with van der Waals surface area (Å²) in [4.78, 5) is 9.31. The van der Waals surface area contributed by atoms with E-state index in [1.165, 1.54) is 4.90 Å². The molecule has 17 heavy (non-hydrogen) atoms. The van der Waals surface area contributed by atoms with Crippen molar-refractivity contribution < 1.29 is 0 Å². The van der Waals surface area contributed by atoms with Gasteiger partial charge in [-0.05, 0) is 25.3 Å². The minimum Gasteiger partial charge on any atom is -0.368 e. The van der Waals surface area contributed by atoms with Gasteiger partial charge >= 0.3 is 0 Å². The molecule has 4 nitrogen and oxygen atoms in total. The molecule has 0 saturated carbocycles. The monoisotopic (exact) mass is 246 g/mol. The SMILES string of the molecule is CSc1ccccc1Nc1nc(N)ncc1C. The fourth-order valence-corrected chi connectivity index (χ4v) is 2.01. The molecule has 2 aromatic rings. The van der Waals surface area contributed by atoms with Crippen molar-refractivity contribution in [1.82, 2.24) is 9.97 Å². The van der Waals surface area contributed by atoms with Crippen LogP contribution in [-0.2, 0) is 0 Å². The zero-order valence-corrected chi connectivity index (χ0v) is 10.6. The number of hydrogen-bond acceptors (Lipinski definition) is 5. The minimum absolute atomic E-state index is 0.278. The summed E-state index contributed by atoms with van der Waals surface area (Å²) >= 11 is 1.69. The predicted molar refractivity (Wildman–Crippen MR) is 72.7 cm³/mol. The molecule has 88 valence electrons. The van der Waals surface area contributed by atoms with Gasteiger partial charge in [0.05, 0.1) is 5.69 Å². The van der Waals surface area contributed by atoms with Crippen molar-refractivity contribution in [1.29, 1.82) is 0 Å². The first-order valence-corrected chi connectivity index (χ1v) is 6.42. The van der Waals surface area contributed by atoms with Crippen LogP contribution in [0.1, 0.15) is 5.56 Å². The topological polar surface area (TPSA) is 63.8 Å². The highest BCUT2D eigenvalue weighted by molar-refractivity contribution is 7.98. The second-order valence-corrected chi connectivity index (χ2v) is 4.43. The molecule has 0 atom stereocenters. The Bertz CT molecular complexity index is 528. The number of nitrogens with two attached hydrogens (primary N) is 1. The van der Waals surface area contributed by atoms with Gasteiger partial charge < -0.3 is 11.1 Å². The summed E-state index contributed by atoms with van der Waals surface area (Å²) in [5, 5.41) is 3.28. The normalized spacial score (nSPS) is 10.2. The van der Waals surface area contributed by atoms with E-state index in [0.717, 1.165) is 17.1 Å². The molecule has 0 bridgehead atoms. The van der Waals surface area contributed by atoms with Crippen molar-refractivity contribution in [3.8, 4) is 0 Å². The number of nitrogen functional groups attached to an aromatic ring is 1. The Morgan fingerprint density at radius 2 is 2.06 bits per heavy atom. The molecule has 5 heteroatoms. The van der Waals surface area contributed by atoms with Crippen LogP contribution in [0.5, 0.6) is 0 Å². The van der Waals surface area contributed by atoms with E-state index >= 15 is 0 Å². The zero-order chi connectivity index (χ0) is 12.3. The third-order valence-corrected chi connectivity index (χ3v) is 3.15. The molecule has 0 aliphatic carbocycles. The van der Waals surface area contributed by atoms with Gasteiger partial charge in [-0.25, -0.2) is 4.98 Å². The lowest BCUT2D eigenvalue weighted by atomic mass is 10.3. The van der Waals surface area contributed by atoms with Crippen LogP contribution in [0, 0.1) is 6.92 Å². The van der Waals surface area contributed by atoms with Crippen molar-refractivity contribution >= 4 is 29.2 Å². The van der Waals surface area contributed by atoms with Crippen molar-refractivity contribution in [3.63, 3.8) is 0 Å². The van der Waals surface area contributed by atoms with Gasteiger partial charge in [-0.3, -0.25) is 0 Å². The van der Waals surface area contributed by atoms with Gasteiger partial charge in [-0.2, -0.15) is 4.98 Å². The van der Waals surface area contributed by atoms with Crippen molar-refractivity contribution in [3.05, 3.63) is 36.0 Å². The van der Waals surface area contributed by atoms with Crippen molar-refractivity contribution in [2.75, 3.05) is 17.3 Å². The molecule has 3 N–H and O–H groups in total. The van der Waals surface area contributed by atoms with E-state index in [9.17, 15) is 0 Å². The molecule has 1 aromatic carbocycles. The van der Waals surface area contributed by atoms with Gasteiger partial charge in [-0.15, -0.1) is 11.8 Å². The average Bonchev–Trinajstić information content (AvgIpc) is 2.34. The first-order chi connectivity index (χ1) is 8.20. The van der Waals surface area contributed by atoms with Gasteiger partial charge in [0.1, 0.15) is 5.82 Å². The van der Waals surface area contributed by atoms with Crippen molar-refractivity contribution in [2.24, 2.45) is 0 Å². The lowest BCUT2D eigenvalue weighted by Gasteiger charge is -2.11. The first-order valence-electron chi connectivity index (χ1n) is 5.20. The predicted octanol–water partition coefficient (Wildman–Crippen LogP) is 2.83. The molecule has 0 fully saturated rings. The zero-order valence-electron chi connectivity index (χ0n) is 9.77. The largest absolute Gasteiger partial charge is 0.368 e. The second-order valence-electron chi connectivity index (χ2n) is 3.59. The van der Waals surface area contributed by atoms with E-state index < -0.39 is 0 Å². The number of aryl methyl sites for hydroxylation is 1. The number of benzene rings is 1. The molecular formula is C12H14N4S. The smallest absolute Gasteiger partial charge is 0.221 e. The van der Waals surface area contributed by atoms with Crippen LogP contribution in [0.2, 0.25) is 0 Å². The molecule has 2 rings (SSSR count). The summed E-state index contributed by atoms with van der Waals surface area (Å²) in [5.74, 6) is 1.03. The number of nitrogens with one attached hydrogen (secondary N) is 1. The number of aromatic nitrogens is 2. The van der Waals surface area contributed by atoms with Crippen LogP contribution in [0.4, 0.5) is 17.5 Å². The van der Waals surface area contributed by atoms with Crippen LogP contribution in [0.3, 0.4) is 0 Å². The van der Waals surface area contributed by atoms with E-state index in [1.807, 2.05) is 31.4 Å². The fourth-order valence-electron chi connectivity index (χ4n) is 1.46. The average molecular weight is 246 g/mol. The molecule has 0 aliphatic rings. The van der Waals surface area contributed by atoms with E-state index in [0.29, 0.717) is 0 Å². The highest BCUT2D eigenvalue weighted by Crippen LogP contribution is 2.28. The number of hydrogen-bond donors (Lipinski definition) is 2. The summed E-state index contributed by atoms with van der Waals surface area (Å²) in [5.41, 5.74) is 7.58. The number of nitrogens with zero attached hydrogens (tertiary/aromatic N) is 2. The molecule has 0 aliphatic heterocycles. The van der Waals surface area contributed by atoms with E-state index in [-0.39, 0.29) is 5.95 Å². The summed E-state index contributed by atoms with van der Waals surface area (Å²) < 4.78 is 0. The number of thioether (sulfide) groups is 1. The maximum Gasteiger partial charge on any atom is 0.221 e. The Morgan fingerprint density at radius 3 is 2.82 bits per heavy atom. The Morgan fingerprint density at radius 1 is 1.29 bits per heavy atom. The summed E-state index contributed by atoms with van der Waals surface area (Å²) in [6, 6.07) is 8.08. The van der Waals surface area contributed by atoms with Gasteiger partial charge in [0.15, 0.2) is 0 Å². The highest BCUT2D eigenvalue weighted by atomic mass is 32.2. The molecule has 0 spiro atoms. The molecule has 1 aromatic heterocycles. The molecule has 0 saturated heterocycles. The molecular weight excluding hydrogens is 232 g/mol. The fraction of sp³-hybridized carbons (Fsp3) is 0.167. The second kappa shape index (κ2) is 5.05. The van der Waals surface area contributed by atoms with E-state index in [2.05, 4.69) is 21.4 Å². The van der Waals surface area contributed by atoms with Crippen LogP contribution in [0.15, 0.2) is 35.4 Å². The minimum atomic E-state index is 0.278. The van der Waals surface area contributed by atoms with E-state index in [4.69, 9.17) is 5.73 Å². The van der Waals surface area contributed by atoms with Gasteiger partial charge in [0, 0.05) is 16.7 Å². The van der Waals surface area contributed by atoms with E-state index in [1.54, 1.807) is 18.0 Å². The van der Waals surface area contributed by atoms with Crippen molar-refractivity contribution in [2.45, 2.75) is 11.8 Å². The quantitative estimate of drug-likeness (QED) is 0.815. The van der Waals surface area contributed by atoms with Crippen LogP contribution >= 0.6 is 11.8 Å². The number of para-hydroxylation sites is 1. The Kier molecular flexibility index (Phi) is 3.49. The van der Waals surface area contributed by atoms with Crippen LogP contribution in [0.25, 0.3) is 0 Å². The third kappa shape index (κ3) is 2.68. The lowest BCUT2D eigenvalue weighted by molar-refractivity contribution is 1.14. The summed E-state index contributed by atoms with van der Waals surface area (Å²) in [6.45, 7) is 1.95.